The van der Waals surface area contributed by atoms with Crippen LogP contribution in [0, 0.1) is 0 Å². The van der Waals surface area contributed by atoms with E-state index < -0.39 is 56.9 Å². The van der Waals surface area contributed by atoms with Crippen molar-refractivity contribution in [3.8, 4) is 0 Å². The quantitative estimate of drug-likeness (QED) is 0.161. The lowest BCUT2D eigenvalue weighted by Crippen LogP contribution is -2.54. The van der Waals surface area contributed by atoms with Crippen molar-refractivity contribution in [2.24, 2.45) is 0 Å². The minimum Gasteiger partial charge on any atom is -0.352 e. The molecule has 258 valence electrons. The molecule has 1 atom stereocenters. The summed E-state index contributed by atoms with van der Waals surface area (Å²) in [5, 5.41) is 2.83. The monoisotopic (exact) mass is 731 g/mol. The molecular weight excluding hydrogens is 698 g/mol. The molecule has 0 radical (unpaired) electrons. The molecule has 4 aromatic carbocycles. The minimum atomic E-state index is -4.91. The van der Waals surface area contributed by atoms with Gasteiger partial charge in [-0.3, -0.25) is 13.9 Å². The lowest BCUT2D eigenvalue weighted by Gasteiger charge is -2.34. The average molecular weight is 733 g/mol. The largest absolute Gasteiger partial charge is 0.417 e. The molecular formula is C36H34Cl2F3N3O4S. The Morgan fingerprint density at radius 2 is 1.47 bits per heavy atom. The van der Waals surface area contributed by atoms with E-state index in [1.54, 1.807) is 42.5 Å². The standard InChI is InChI=1S/C36H34Cl2F3N3O4S/c37-27-13-9-12-26(20-27)23-43(33(21-25-10-3-1-4-11-25)35(46)42-28-14-7-8-15-28)34(45)24-44(49(47,48)30-16-5-2-6-17-30)29-18-19-32(38)31(22-29)36(39,40)41/h1-6,9-13,16-20,22,28,33H,7-8,14-15,21,23-24H2,(H,42,46)/t33-/m0/s1. The maximum absolute atomic E-state index is 14.6. The van der Waals surface area contributed by atoms with Crippen molar-refractivity contribution >= 4 is 50.7 Å². The molecule has 0 spiro atoms. The fourth-order valence-electron chi connectivity index (χ4n) is 5.89. The third-order valence-electron chi connectivity index (χ3n) is 8.37. The molecule has 1 N–H and O–H groups in total. The minimum absolute atomic E-state index is 0.0845. The van der Waals surface area contributed by atoms with Gasteiger partial charge in [-0.25, -0.2) is 8.42 Å². The topological polar surface area (TPSA) is 86.8 Å². The Morgan fingerprint density at radius 1 is 0.837 bits per heavy atom. The first-order chi connectivity index (χ1) is 23.3. The summed E-state index contributed by atoms with van der Waals surface area (Å²) in [4.78, 5) is 29.7. The van der Waals surface area contributed by atoms with Gasteiger partial charge in [-0.1, -0.05) is 96.7 Å². The summed E-state index contributed by atoms with van der Waals surface area (Å²) in [6, 6.07) is 24.3. The fourth-order valence-corrected chi connectivity index (χ4v) is 7.75. The first-order valence-corrected chi connectivity index (χ1v) is 17.9. The van der Waals surface area contributed by atoms with Crippen LogP contribution in [-0.2, 0) is 38.8 Å². The summed E-state index contributed by atoms with van der Waals surface area (Å²) in [7, 11) is -4.61. The van der Waals surface area contributed by atoms with Crippen LogP contribution in [0.4, 0.5) is 18.9 Å². The number of carbonyl (C=O) groups is 2. The van der Waals surface area contributed by atoms with Gasteiger partial charge in [0.2, 0.25) is 11.8 Å². The van der Waals surface area contributed by atoms with Crippen molar-refractivity contribution in [2.75, 3.05) is 10.8 Å². The SMILES string of the molecule is O=C(NC1CCCC1)[C@H](Cc1ccccc1)N(Cc1cccc(Cl)c1)C(=O)CN(c1ccc(Cl)c(C(F)(F)F)c1)S(=O)(=O)c1ccccc1. The maximum Gasteiger partial charge on any atom is 0.417 e. The first-order valence-electron chi connectivity index (χ1n) is 15.7. The van der Waals surface area contributed by atoms with E-state index >= 15 is 0 Å². The van der Waals surface area contributed by atoms with Crippen LogP contribution in [0.5, 0.6) is 0 Å². The predicted molar refractivity (Wildman–Crippen MR) is 184 cm³/mol. The number of sulfonamides is 1. The second kappa shape index (κ2) is 15.7. The fraction of sp³-hybridized carbons (Fsp3) is 0.278. The summed E-state index contributed by atoms with van der Waals surface area (Å²) < 4.78 is 70.7. The van der Waals surface area contributed by atoms with Crippen LogP contribution >= 0.6 is 23.2 Å². The smallest absolute Gasteiger partial charge is 0.352 e. The van der Waals surface area contributed by atoms with E-state index in [9.17, 15) is 31.2 Å². The molecule has 0 heterocycles. The van der Waals surface area contributed by atoms with E-state index in [2.05, 4.69) is 5.32 Å². The van der Waals surface area contributed by atoms with Crippen molar-refractivity contribution in [1.82, 2.24) is 10.2 Å². The Balaban J connectivity index is 1.61. The number of hydrogen-bond donors (Lipinski definition) is 1. The van der Waals surface area contributed by atoms with Crippen molar-refractivity contribution < 1.29 is 31.2 Å². The van der Waals surface area contributed by atoms with Gasteiger partial charge < -0.3 is 10.2 Å². The number of rotatable bonds is 12. The molecule has 1 fully saturated rings. The second-order valence-corrected chi connectivity index (χ2v) is 14.5. The predicted octanol–water partition coefficient (Wildman–Crippen LogP) is 7.91. The van der Waals surface area contributed by atoms with E-state index in [-0.39, 0.29) is 23.9 Å². The number of nitrogens with zero attached hydrogens (tertiary/aromatic N) is 2. The number of benzene rings is 4. The number of anilines is 1. The van der Waals surface area contributed by atoms with E-state index in [4.69, 9.17) is 23.2 Å². The van der Waals surface area contributed by atoms with Gasteiger partial charge in [0.25, 0.3) is 10.0 Å². The highest BCUT2D eigenvalue weighted by atomic mass is 35.5. The molecule has 0 saturated heterocycles. The number of halogens is 5. The van der Waals surface area contributed by atoms with Crippen molar-refractivity contribution in [3.63, 3.8) is 0 Å². The van der Waals surface area contributed by atoms with Gasteiger partial charge >= 0.3 is 6.18 Å². The highest BCUT2D eigenvalue weighted by molar-refractivity contribution is 7.92. The van der Waals surface area contributed by atoms with Gasteiger partial charge in [-0.15, -0.1) is 0 Å². The van der Waals surface area contributed by atoms with Gasteiger partial charge in [0.1, 0.15) is 12.6 Å². The van der Waals surface area contributed by atoms with Crippen LogP contribution in [0.1, 0.15) is 42.4 Å². The molecule has 49 heavy (non-hydrogen) atoms. The summed E-state index contributed by atoms with van der Waals surface area (Å²) in [5.41, 5.74) is -0.372. The zero-order valence-corrected chi connectivity index (χ0v) is 28.6. The summed E-state index contributed by atoms with van der Waals surface area (Å²) in [6.45, 7) is -1.05. The molecule has 0 bridgehead atoms. The van der Waals surface area contributed by atoms with Gasteiger partial charge in [0, 0.05) is 24.0 Å². The van der Waals surface area contributed by atoms with Crippen molar-refractivity contribution in [1.29, 1.82) is 0 Å². The lowest BCUT2D eigenvalue weighted by molar-refractivity contribution is -0.140. The van der Waals surface area contributed by atoms with E-state index in [1.807, 2.05) is 18.2 Å². The Labute approximate surface area is 293 Å². The van der Waals surface area contributed by atoms with E-state index in [0.29, 0.717) is 21.0 Å². The number of carbonyl (C=O) groups excluding carboxylic acids is 2. The highest BCUT2D eigenvalue weighted by Gasteiger charge is 2.38. The molecule has 2 amide bonds. The first kappa shape index (κ1) is 36.2. The van der Waals surface area contributed by atoms with Crippen molar-refractivity contribution in [3.05, 3.63) is 130 Å². The van der Waals surface area contributed by atoms with Crippen molar-refractivity contribution in [2.45, 2.75) is 61.8 Å². The molecule has 13 heteroatoms. The van der Waals surface area contributed by atoms with Crippen LogP contribution in [0.3, 0.4) is 0 Å². The van der Waals surface area contributed by atoms with Crippen LogP contribution in [-0.4, -0.2) is 43.8 Å². The Kier molecular flexibility index (Phi) is 11.6. The van der Waals surface area contributed by atoms with Crippen LogP contribution in [0.25, 0.3) is 0 Å². The highest BCUT2D eigenvalue weighted by Crippen LogP contribution is 2.38. The zero-order valence-electron chi connectivity index (χ0n) is 26.2. The molecule has 0 aromatic heterocycles. The summed E-state index contributed by atoms with van der Waals surface area (Å²) in [5.74, 6) is -1.24. The third-order valence-corrected chi connectivity index (χ3v) is 10.7. The number of alkyl halides is 3. The molecule has 1 saturated carbocycles. The normalized spacial score (nSPS) is 14.3. The molecule has 1 aliphatic rings. The van der Waals surface area contributed by atoms with Crippen LogP contribution in [0.15, 0.2) is 108 Å². The zero-order chi connectivity index (χ0) is 35.2. The van der Waals surface area contributed by atoms with Crippen LogP contribution in [0.2, 0.25) is 10.0 Å². The second-order valence-electron chi connectivity index (χ2n) is 11.8. The third kappa shape index (κ3) is 9.14. The molecule has 1 aliphatic carbocycles. The average Bonchev–Trinajstić information content (AvgIpc) is 3.59. The number of hydrogen-bond acceptors (Lipinski definition) is 4. The Morgan fingerprint density at radius 3 is 2.10 bits per heavy atom. The van der Waals surface area contributed by atoms with E-state index in [1.165, 1.54) is 29.2 Å². The lowest BCUT2D eigenvalue weighted by atomic mass is 10.0. The Hall–Kier alpha value is -4.06. The maximum atomic E-state index is 14.6. The number of amides is 2. The molecule has 5 rings (SSSR count). The Bertz CT molecular complexity index is 1870. The van der Waals surface area contributed by atoms with Gasteiger partial charge in [0.05, 0.1) is 21.2 Å². The molecule has 0 aliphatic heterocycles. The van der Waals surface area contributed by atoms with Gasteiger partial charge in [-0.2, -0.15) is 13.2 Å². The number of nitrogens with one attached hydrogen (secondary N) is 1. The van der Waals surface area contributed by atoms with Gasteiger partial charge in [0.15, 0.2) is 0 Å². The molecule has 7 nitrogen and oxygen atoms in total. The van der Waals surface area contributed by atoms with E-state index in [0.717, 1.165) is 43.4 Å². The summed E-state index contributed by atoms with van der Waals surface area (Å²) >= 11 is 12.2. The summed E-state index contributed by atoms with van der Waals surface area (Å²) in [6.07, 6.45) is -1.34. The van der Waals surface area contributed by atoms with Gasteiger partial charge in [-0.05, 0) is 66.4 Å². The molecule has 0 unspecified atom stereocenters. The van der Waals surface area contributed by atoms with Crippen LogP contribution < -0.4 is 9.62 Å². The molecule has 4 aromatic rings.